The molecule has 0 aliphatic heterocycles. The molecule has 104 valence electrons. The van der Waals surface area contributed by atoms with Crippen LogP contribution in [-0.4, -0.2) is 5.91 Å². The molecule has 0 aliphatic carbocycles. The summed E-state index contributed by atoms with van der Waals surface area (Å²) in [5, 5.41) is 2.69. The first-order valence-electron chi connectivity index (χ1n) is 6.07. The van der Waals surface area contributed by atoms with Crippen molar-refractivity contribution >= 4 is 11.6 Å². The summed E-state index contributed by atoms with van der Waals surface area (Å²) in [4.78, 5) is 23.4. The van der Waals surface area contributed by atoms with Crippen LogP contribution in [-0.2, 0) is 0 Å². The van der Waals surface area contributed by atoms with E-state index in [0.717, 1.165) is 0 Å². The van der Waals surface area contributed by atoms with Crippen molar-refractivity contribution < 1.29 is 13.6 Å². The van der Waals surface area contributed by atoms with Crippen LogP contribution in [0.1, 0.15) is 27.2 Å². The second kappa shape index (κ2) is 5.28. The molecule has 5 heteroatoms. The molecule has 2 rings (SSSR count). The number of carbonyl (C=O) groups is 1. The third-order valence-corrected chi connectivity index (χ3v) is 3.00. The Hall–Kier alpha value is -2.43. The zero-order valence-electron chi connectivity index (χ0n) is 11.4. The van der Waals surface area contributed by atoms with Crippen LogP contribution in [0, 0.1) is 26.6 Å². The van der Waals surface area contributed by atoms with E-state index in [-0.39, 0.29) is 11.6 Å². The molecule has 0 fully saturated rings. The van der Waals surface area contributed by atoms with Gasteiger partial charge in [0.2, 0.25) is 0 Å². The molecule has 0 aliphatic rings. The van der Waals surface area contributed by atoms with E-state index in [4.69, 9.17) is 4.42 Å². The van der Waals surface area contributed by atoms with Gasteiger partial charge in [-0.25, -0.2) is 9.18 Å². The number of carbonyl (C=O) groups excluding carboxylic acids is 1. The Morgan fingerprint density at radius 1 is 1.15 bits per heavy atom. The molecule has 0 spiro atoms. The molecule has 1 aromatic carbocycles. The molecule has 1 aromatic heterocycles. The summed E-state index contributed by atoms with van der Waals surface area (Å²) in [6, 6.07) is 5.36. The van der Waals surface area contributed by atoms with E-state index in [0.29, 0.717) is 22.4 Å². The van der Waals surface area contributed by atoms with Gasteiger partial charge in [0.1, 0.15) is 11.6 Å². The number of hydrogen-bond acceptors (Lipinski definition) is 3. The van der Waals surface area contributed by atoms with Crippen LogP contribution in [0.4, 0.5) is 10.1 Å². The largest absolute Gasteiger partial charge is 0.427 e. The van der Waals surface area contributed by atoms with E-state index >= 15 is 0 Å². The Morgan fingerprint density at radius 3 is 2.45 bits per heavy atom. The number of anilines is 1. The topological polar surface area (TPSA) is 59.3 Å². The quantitative estimate of drug-likeness (QED) is 0.916. The Kier molecular flexibility index (Phi) is 3.70. The minimum absolute atomic E-state index is 0.257. The molecule has 0 saturated carbocycles. The van der Waals surface area contributed by atoms with Gasteiger partial charge in [-0.1, -0.05) is 0 Å². The predicted octanol–water partition coefficient (Wildman–Crippen LogP) is 2.96. The maximum atomic E-state index is 13.0. The van der Waals surface area contributed by atoms with E-state index in [2.05, 4.69) is 5.32 Å². The minimum atomic E-state index is -0.491. The molecule has 1 heterocycles. The lowest BCUT2D eigenvalue weighted by Gasteiger charge is -2.11. The normalized spacial score (nSPS) is 10.4. The van der Waals surface area contributed by atoms with Gasteiger partial charge in [-0.15, -0.1) is 0 Å². The highest BCUT2D eigenvalue weighted by molar-refractivity contribution is 6.06. The Balaban J connectivity index is 2.36. The van der Waals surface area contributed by atoms with Crippen LogP contribution >= 0.6 is 0 Å². The van der Waals surface area contributed by atoms with E-state index < -0.39 is 11.5 Å². The van der Waals surface area contributed by atoms with Crippen LogP contribution in [0.2, 0.25) is 0 Å². The van der Waals surface area contributed by atoms with Crippen LogP contribution < -0.4 is 10.9 Å². The molecule has 20 heavy (non-hydrogen) atoms. The molecule has 0 unspecified atom stereocenters. The van der Waals surface area contributed by atoms with Gasteiger partial charge in [-0.05, 0) is 50.1 Å². The maximum Gasteiger partial charge on any atom is 0.336 e. The van der Waals surface area contributed by atoms with Gasteiger partial charge in [0, 0.05) is 11.8 Å². The molecule has 0 atom stereocenters. The highest BCUT2D eigenvalue weighted by atomic mass is 19.1. The second-order valence-corrected chi connectivity index (χ2v) is 4.59. The predicted molar refractivity (Wildman–Crippen MR) is 73.5 cm³/mol. The van der Waals surface area contributed by atoms with Crippen molar-refractivity contribution in [2.24, 2.45) is 0 Å². The minimum Gasteiger partial charge on any atom is -0.427 e. The highest BCUT2D eigenvalue weighted by Gasteiger charge is 2.16. The smallest absolute Gasteiger partial charge is 0.336 e. The SMILES string of the molecule is Cc1cc(F)ccc1NC(=O)c1c(C)cc(=O)oc1C. The summed E-state index contributed by atoms with van der Waals surface area (Å²) in [6.45, 7) is 4.92. The second-order valence-electron chi connectivity index (χ2n) is 4.59. The average Bonchev–Trinajstić information content (AvgIpc) is 2.31. The van der Waals surface area contributed by atoms with E-state index in [1.807, 2.05) is 0 Å². The van der Waals surface area contributed by atoms with Crippen molar-refractivity contribution in [3.05, 3.63) is 63.0 Å². The summed E-state index contributed by atoms with van der Waals surface area (Å²) < 4.78 is 17.9. The van der Waals surface area contributed by atoms with Crippen molar-refractivity contribution in [1.29, 1.82) is 0 Å². The van der Waals surface area contributed by atoms with Gasteiger partial charge >= 0.3 is 5.63 Å². The van der Waals surface area contributed by atoms with Gasteiger partial charge in [0.15, 0.2) is 0 Å². The number of halogens is 1. The van der Waals surface area contributed by atoms with Crippen LogP contribution in [0.3, 0.4) is 0 Å². The molecule has 2 aromatic rings. The van der Waals surface area contributed by atoms with Crippen molar-refractivity contribution in [2.75, 3.05) is 5.32 Å². The summed E-state index contributed by atoms with van der Waals surface area (Å²) in [6.07, 6.45) is 0. The van der Waals surface area contributed by atoms with Crippen molar-refractivity contribution in [2.45, 2.75) is 20.8 Å². The number of aryl methyl sites for hydroxylation is 3. The van der Waals surface area contributed by atoms with Crippen molar-refractivity contribution in [1.82, 2.24) is 0 Å². The number of nitrogens with one attached hydrogen (secondary N) is 1. The Bertz CT molecular complexity index is 708. The Morgan fingerprint density at radius 2 is 1.85 bits per heavy atom. The molecule has 0 saturated heterocycles. The number of amides is 1. The zero-order chi connectivity index (χ0) is 14.9. The van der Waals surface area contributed by atoms with Crippen LogP contribution in [0.15, 0.2) is 33.5 Å². The van der Waals surface area contributed by atoms with Gasteiger partial charge in [0.05, 0.1) is 5.56 Å². The first kappa shape index (κ1) is 14.0. The molecule has 1 N–H and O–H groups in total. The van der Waals surface area contributed by atoms with Crippen molar-refractivity contribution in [3.63, 3.8) is 0 Å². The summed E-state index contributed by atoms with van der Waals surface area (Å²) in [5.41, 5.74) is 1.49. The fraction of sp³-hybridized carbons (Fsp3) is 0.200. The van der Waals surface area contributed by atoms with Crippen LogP contribution in [0.25, 0.3) is 0 Å². The monoisotopic (exact) mass is 275 g/mol. The molecule has 4 nitrogen and oxygen atoms in total. The summed E-state index contributed by atoms with van der Waals surface area (Å²) >= 11 is 0. The van der Waals surface area contributed by atoms with E-state index in [1.54, 1.807) is 20.8 Å². The van der Waals surface area contributed by atoms with Gasteiger partial charge in [-0.2, -0.15) is 0 Å². The van der Waals surface area contributed by atoms with Gasteiger partial charge in [-0.3, -0.25) is 4.79 Å². The summed E-state index contributed by atoms with van der Waals surface area (Å²) in [7, 11) is 0. The fourth-order valence-electron chi connectivity index (χ4n) is 2.05. The molecule has 0 bridgehead atoms. The van der Waals surface area contributed by atoms with Crippen molar-refractivity contribution in [3.8, 4) is 0 Å². The average molecular weight is 275 g/mol. The maximum absolute atomic E-state index is 13.0. The molecule has 1 amide bonds. The van der Waals surface area contributed by atoms with E-state index in [1.165, 1.54) is 24.3 Å². The fourth-order valence-corrected chi connectivity index (χ4v) is 2.05. The third-order valence-electron chi connectivity index (χ3n) is 3.00. The third kappa shape index (κ3) is 2.77. The van der Waals surface area contributed by atoms with Gasteiger partial charge < -0.3 is 9.73 Å². The van der Waals surface area contributed by atoms with Crippen LogP contribution in [0.5, 0.6) is 0 Å². The van der Waals surface area contributed by atoms with E-state index in [9.17, 15) is 14.0 Å². The summed E-state index contributed by atoms with van der Waals surface area (Å²) in [5.74, 6) is -0.496. The molecule has 0 radical (unpaired) electrons. The first-order valence-corrected chi connectivity index (χ1v) is 6.07. The first-order chi connectivity index (χ1) is 9.38. The number of benzene rings is 1. The highest BCUT2D eigenvalue weighted by Crippen LogP contribution is 2.18. The molecular formula is C15H14FNO3. The number of hydrogen-bond donors (Lipinski definition) is 1. The zero-order valence-corrected chi connectivity index (χ0v) is 11.4. The molecular weight excluding hydrogens is 261 g/mol. The standard InChI is InChI=1S/C15H14FNO3/c1-8-6-11(16)4-5-12(8)17-15(19)14-9(2)7-13(18)20-10(14)3/h4-7H,1-3H3,(H,17,19). The van der Waals surface area contributed by atoms with Gasteiger partial charge in [0.25, 0.3) is 5.91 Å². The lowest BCUT2D eigenvalue weighted by atomic mass is 10.1. The lowest BCUT2D eigenvalue weighted by Crippen LogP contribution is -2.17. The number of rotatable bonds is 2. The Labute approximate surface area is 115 Å². The lowest BCUT2D eigenvalue weighted by molar-refractivity contribution is 0.102.